The van der Waals surface area contributed by atoms with Gasteiger partial charge in [-0.3, -0.25) is 4.79 Å². The summed E-state index contributed by atoms with van der Waals surface area (Å²) in [5.74, 6) is 1.51. The Hall–Kier alpha value is -2.93. The van der Waals surface area contributed by atoms with Gasteiger partial charge in [-0.1, -0.05) is 24.3 Å². The number of ether oxygens (including phenoxy) is 1. The molecule has 1 aliphatic heterocycles. The molecule has 7 heteroatoms. The van der Waals surface area contributed by atoms with Crippen LogP contribution in [0.5, 0.6) is 11.5 Å². The van der Waals surface area contributed by atoms with Gasteiger partial charge in [-0.15, -0.1) is 11.8 Å². The standard InChI is InChI=1S/C21H21N3O3S/c1-3-27-17-11-14(9-10-16(17)25)20-19-13(2)23-24(15-7-5-4-6-8-15)21(19)22-18(26)12-28-20/h4-11,20,25H,3,12H2,1-2H3,(H,22,26). The summed E-state index contributed by atoms with van der Waals surface area (Å²) in [4.78, 5) is 12.4. The number of carbonyl (C=O) groups excluding carboxylic acids is 1. The van der Waals surface area contributed by atoms with E-state index in [0.717, 1.165) is 22.5 Å². The van der Waals surface area contributed by atoms with Crippen molar-refractivity contribution in [3.63, 3.8) is 0 Å². The highest BCUT2D eigenvalue weighted by Gasteiger charge is 2.31. The molecule has 0 fully saturated rings. The number of benzene rings is 2. The van der Waals surface area contributed by atoms with Crippen molar-refractivity contribution in [2.24, 2.45) is 0 Å². The summed E-state index contributed by atoms with van der Waals surface area (Å²) in [7, 11) is 0. The summed E-state index contributed by atoms with van der Waals surface area (Å²) in [5, 5.41) is 17.7. The third-order valence-electron chi connectivity index (χ3n) is 4.60. The van der Waals surface area contributed by atoms with E-state index in [0.29, 0.717) is 23.9 Å². The molecule has 1 aromatic heterocycles. The summed E-state index contributed by atoms with van der Waals surface area (Å²) in [6, 6.07) is 15.1. The summed E-state index contributed by atoms with van der Waals surface area (Å²) in [5.41, 5.74) is 3.66. The van der Waals surface area contributed by atoms with Crippen LogP contribution in [0, 0.1) is 6.92 Å². The number of anilines is 1. The van der Waals surface area contributed by atoms with E-state index in [1.54, 1.807) is 22.5 Å². The average molecular weight is 395 g/mol. The summed E-state index contributed by atoms with van der Waals surface area (Å²) in [6.07, 6.45) is 0. The zero-order valence-electron chi connectivity index (χ0n) is 15.7. The molecule has 3 aromatic rings. The minimum atomic E-state index is -0.105. The Bertz CT molecular complexity index is 1020. The van der Waals surface area contributed by atoms with Crippen molar-refractivity contribution in [1.82, 2.24) is 9.78 Å². The summed E-state index contributed by atoms with van der Waals surface area (Å²) < 4.78 is 7.33. The third-order valence-corrected chi connectivity index (χ3v) is 5.87. The van der Waals surface area contributed by atoms with E-state index in [-0.39, 0.29) is 16.9 Å². The van der Waals surface area contributed by atoms with Gasteiger partial charge in [0.1, 0.15) is 5.82 Å². The molecule has 28 heavy (non-hydrogen) atoms. The van der Waals surface area contributed by atoms with Crippen LogP contribution in [0.4, 0.5) is 5.82 Å². The SMILES string of the molecule is CCOc1cc(C2SCC(=O)Nc3c2c(C)nn3-c2ccccc2)ccc1O. The molecule has 1 aliphatic rings. The third kappa shape index (κ3) is 3.33. The van der Waals surface area contributed by atoms with Crippen LogP contribution in [0.1, 0.15) is 29.0 Å². The van der Waals surface area contributed by atoms with Crippen molar-refractivity contribution in [2.45, 2.75) is 19.1 Å². The van der Waals surface area contributed by atoms with Crippen molar-refractivity contribution in [3.05, 3.63) is 65.4 Å². The monoisotopic (exact) mass is 395 g/mol. The maximum atomic E-state index is 12.4. The van der Waals surface area contributed by atoms with Crippen LogP contribution in [-0.4, -0.2) is 33.2 Å². The lowest BCUT2D eigenvalue weighted by Crippen LogP contribution is -2.15. The Balaban J connectivity index is 1.86. The number of aryl methyl sites for hydroxylation is 1. The number of phenols is 1. The molecule has 0 saturated heterocycles. The molecule has 1 unspecified atom stereocenters. The van der Waals surface area contributed by atoms with Crippen LogP contribution < -0.4 is 10.1 Å². The molecule has 0 aliphatic carbocycles. The van der Waals surface area contributed by atoms with Crippen LogP contribution in [0.15, 0.2) is 48.5 Å². The minimum absolute atomic E-state index is 0.0605. The topological polar surface area (TPSA) is 76.4 Å². The highest BCUT2D eigenvalue weighted by Crippen LogP contribution is 2.45. The van der Waals surface area contributed by atoms with E-state index in [1.165, 1.54) is 0 Å². The Morgan fingerprint density at radius 3 is 2.82 bits per heavy atom. The van der Waals surface area contributed by atoms with Crippen molar-refractivity contribution < 1.29 is 14.6 Å². The van der Waals surface area contributed by atoms with Crippen molar-refractivity contribution >= 4 is 23.5 Å². The first-order valence-corrected chi connectivity index (χ1v) is 10.2. The fraction of sp³-hybridized carbons (Fsp3) is 0.238. The zero-order chi connectivity index (χ0) is 19.7. The average Bonchev–Trinajstić information content (AvgIpc) is 2.90. The van der Waals surface area contributed by atoms with Gasteiger partial charge in [0.15, 0.2) is 11.5 Å². The number of nitrogens with one attached hydrogen (secondary N) is 1. The predicted octanol–water partition coefficient (Wildman–Crippen LogP) is 4.06. The Kier molecular flexibility index (Phi) is 5.00. The molecule has 2 N–H and O–H groups in total. The van der Waals surface area contributed by atoms with Crippen molar-refractivity contribution in [3.8, 4) is 17.2 Å². The molecule has 2 heterocycles. The van der Waals surface area contributed by atoms with Gasteiger partial charge in [0.2, 0.25) is 5.91 Å². The number of hydrogen-bond donors (Lipinski definition) is 2. The van der Waals surface area contributed by atoms with E-state index < -0.39 is 0 Å². The summed E-state index contributed by atoms with van der Waals surface area (Å²) in [6.45, 7) is 4.29. The molecule has 4 rings (SSSR count). The van der Waals surface area contributed by atoms with Gasteiger partial charge in [0, 0.05) is 5.56 Å². The van der Waals surface area contributed by atoms with Crippen molar-refractivity contribution in [2.75, 3.05) is 17.7 Å². The lowest BCUT2D eigenvalue weighted by atomic mass is 10.0. The number of aromatic nitrogens is 2. The first kappa shape index (κ1) is 18.4. The minimum Gasteiger partial charge on any atom is -0.504 e. The fourth-order valence-corrected chi connectivity index (χ4v) is 4.55. The van der Waals surface area contributed by atoms with E-state index in [1.807, 2.05) is 56.3 Å². The van der Waals surface area contributed by atoms with Gasteiger partial charge in [0.25, 0.3) is 0 Å². The molecule has 0 radical (unpaired) electrons. The van der Waals surface area contributed by atoms with Crippen LogP contribution in [0.2, 0.25) is 0 Å². The quantitative estimate of drug-likeness (QED) is 0.697. The Labute approximate surface area is 167 Å². The number of nitrogens with zero attached hydrogens (tertiary/aromatic N) is 2. The van der Waals surface area contributed by atoms with Crippen LogP contribution in [0.3, 0.4) is 0 Å². The number of carbonyl (C=O) groups is 1. The van der Waals surface area contributed by atoms with Gasteiger partial charge in [-0.25, -0.2) is 4.68 Å². The molecular weight excluding hydrogens is 374 g/mol. The molecule has 0 saturated carbocycles. The molecular formula is C21H21N3O3S. The van der Waals surface area contributed by atoms with Crippen molar-refractivity contribution in [1.29, 1.82) is 0 Å². The molecule has 2 aromatic carbocycles. The number of para-hydroxylation sites is 1. The highest BCUT2D eigenvalue weighted by molar-refractivity contribution is 8.00. The fourth-order valence-electron chi connectivity index (χ4n) is 3.37. The molecule has 6 nitrogen and oxygen atoms in total. The number of hydrogen-bond acceptors (Lipinski definition) is 5. The normalized spacial score (nSPS) is 16.2. The van der Waals surface area contributed by atoms with E-state index in [4.69, 9.17) is 9.84 Å². The van der Waals surface area contributed by atoms with E-state index >= 15 is 0 Å². The zero-order valence-corrected chi connectivity index (χ0v) is 16.5. The molecule has 144 valence electrons. The number of rotatable bonds is 4. The lowest BCUT2D eigenvalue weighted by Gasteiger charge is -2.17. The smallest absolute Gasteiger partial charge is 0.235 e. The highest BCUT2D eigenvalue weighted by atomic mass is 32.2. The number of fused-ring (bicyclic) bond motifs is 1. The number of phenolic OH excluding ortho intramolecular Hbond substituents is 1. The number of amides is 1. The maximum absolute atomic E-state index is 12.4. The molecule has 1 atom stereocenters. The van der Waals surface area contributed by atoms with E-state index in [2.05, 4.69) is 5.32 Å². The predicted molar refractivity (Wildman–Crippen MR) is 111 cm³/mol. The first-order valence-electron chi connectivity index (χ1n) is 9.10. The summed E-state index contributed by atoms with van der Waals surface area (Å²) >= 11 is 1.54. The second-order valence-corrected chi connectivity index (χ2v) is 7.59. The largest absolute Gasteiger partial charge is 0.504 e. The molecule has 0 bridgehead atoms. The number of thioether (sulfide) groups is 1. The molecule has 1 amide bonds. The number of aromatic hydroxyl groups is 1. The second-order valence-electron chi connectivity index (χ2n) is 6.49. The van der Waals surface area contributed by atoms with Crippen LogP contribution in [0.25, 0.3) is 5.69 Å². The van der Waals surface area contributed by atoms with Crippen LogP contribution in [-0.2, 0) is 4.79 Å². The Morgan fingerprint density at radius 1 is 1.29 bits per heavy atom. The van der Waals surface area contributed by atoms with Gasteiger partial charge >= 0.3 is 0 Å². The van der Waals surface area contributed by atoms with Crippen LogP contribution >= 0.6 is 11.8 Å². The lowest BCUT2D eigenvalue weighted by molar-refractivity contribution is -0.113. The van der Waals surface area contributed by atoms with Gasteiger partial charge < -0.3 is 15.2 Å². The second kappa shape index (κ2) is 7.59. The van der Waals surface area contributed by atoms with Gasteiger partial charge in [-0.05, 0) is 43.7 Å². The first-order chi connectivity index (χ1) is 13.6. The van der Waals surface area contributed by atoms with Gasteiger partial charge in [0.05, 0.1) is 29.0 Å². The Morgan fingerprint density at radius 2 is 2.07 bits per heavy atom. The maximum Gasteiger partial charge on any atom is 0.235 e. The molecule has 0 spiro atoms. The van der Waals surface area contributed by atoms with Gasteiger partial charge in [-0.2, -0.15) is 5.10 Å². The van der Waals surface area contributed by atoms with E-state index in [9.17, 15) is 9.90 Å².